The molecule has 122 valence electrons. The van der Waals surface area contributed by atoms with Gasteiger partial charge in [-0.1, -0.05) is 6.92 Å². The Morgan fingerprint density at radius 2 is 2.08 bits per heavy atom. The first kappa shape index (κ1) is 15.1. The molecule has 0 radical (unpaired) electrons. The van der Waals surface area contributed by atoms with Crippen LogP contribution >= 0.6 is 11.3 Å². The van der Waals surface area contributed by atoms with Crippen LogP contribution in [0.1, 0.15) is 34.1 Å². The molecule has 2 heterocycles. The Morgan fingerprint density at radius 3 is 2.83 bits per heavy atom. The van der Waals surface area contributed by atoms with Gasteiger partial charge in [-0.05, 0) is 55.0 Å². The van der Waals surface area contributed by atoms with Gasteiger partial charge in [0, 0.05) is 16.1 Å². The van der Waals surface area contributed by atoms with Crippen LogP contribution in [0.5, 0.6) is 0 Å². The number of rotatable bonds is 3. The maximum atomic E-state index is 11.2. The fourth-order valence-electron chi connectivity index (χ4n) is 3.22. The van der Waals surface area contributed by atoms with E-state index >= 15 is 0 Å². The normalized spacial score (nSPS) is 16.8. The van der Waals surface area contributed by atoms with Crippen LogP contribution in [-0.4, -0.2) is 15.9 Å². The number of carbonyl (C=O) groups is 1. The molecule has 1 amide bonds. The molecule has 3 aromatic rings. The summed E-state index contributed by atoms with van der Waals surface area (Å²) in [5.74, 6) is 1.14. The van der Waals surface area contributed by atoms with Crippen LogP contribution in [0.2, 0.25) is 0 Å². The van der Waals surface area contributed by atoms with Crippen LogP contribution in [0.15, 0.2) is 30.6 Å². The van der Waals surface area contributed by atoms with Gasteiger partial charge in [0.1, 0.15) is 17.0 Å². The number of hydrogen-bond acceptors (Lipinski definition) is 5. The van der Waals surface area contributed by atoms with E-state index in [1.807, 2.05) is 12.1 Å². The number of aryl methyl sites for hydroxylation is 1. The van der Waals surface area contributed by atoms with Gasteiger partial charge in [0.05, 0.1) is 5.39 Å². The predicted octanol–water partition coefficient (Wildman–Crippen LogP) is 3.66. The second-order valence-electron chi connectivity index (χ2n) is 6.32. The lowest BCUT2D eigenvalue weighted by molar-refractivity contribution is 0.100. The molecule has 24 heavy (non-hydrogen) atoms. The van der Waals surface area contributed by atoms with Crippen LogP contribution in [-0.2, 0) is 12.8 Å². The van der Waals surface area contributed by atoms with Crippen molar-refractivity contribution in [3.8, 4) is 0 Å². The number of hydrogen-bond donors (Lipinski definition) is 2. The Bertz CT molecular complexity index is 917. The Kier molecular flexibility index (Phi) is 3.69. The van der Waals surface area contributed by atoms with Gasteiger partial charge in [-0.25, -0.2) is 9.97 Å². The number of fused-ring (bicyclic) bond motifs is 3. The van der Waals surface area contributed by atoms with Gasteiger partial charge in [0.15, 0.2) is 0 Å². The molecule has 5 nitrogen and oxygen atoms in total. The summed E-state index contributed by atoms with van der Waals surface area (Å²) in [6.45, 7) is 2.30. The van der Waals surface area contributed by atoms with Crippen molar-refractivity contribution >= 4 is 39.0 Å². The third-order valence-electron chi connectivity index (χ3n) is 4.52. The summed E-state index contributed by atoms with van der Waals surface area (Å²) in [6.07, 6.45) is 5.02. The number of thiophene rings is 1. The lowest BCUT2D eigenvalue weighted by atomic mass is 9.89. The number of nitrogens with zero attached hydrogens (tertiary/aromatic N) is 2. The zero-order chi connectivity index (χ0) is 16.7. The standard InChI is InChI=1S/C18H18N4OS/c1-10-2-7-13-14(8-10)24-18-15(13)17(20-9-21-18)22-12-5-3-11(4-6-12)16(19)23/h3-6,9-10H,2,7-8H2,1H3,(H2,19,23)(H,20,21,22)/t10-/m0/s1. The molecular weight excluding hydrogens is 320 g/mol. The van der Waals surface area contributed by atoms with Gasteiger partial charge < -0.3 is 11.1 Å². The van der Waals surface area contributed by atoms with Crippen molar-refractivity contribution in [2.75, 3.05) is 5.32 Å². The first-order valence-corrected chi connectivity index (χ1v) is 8.85. The molecule has 1 aliphatic carbocycles. The van der Waals surface area contributed by atoms with Crippen LogP contribution < -0.4 is 11.1 Å². The highest BCUT2D eigenvalue weighted by molar-refractivity contribution is 7.19. The summed E-state index contributed by atoms with van der Waals surface area (Å²) in [6, 6.07) is 7.12. The molecule has 0 bridgehead atoms. The van der Waals surface area contributed by atoms with Crippen molar-refractivity contribution < 1.29 is 4.79 Å². The molecule has 3 N–H and O–H groups in total. The fourth-order valence-corrected chi connectivity index (χ4v) is 4.57. The molecule has 0 saturated heterocycles. The number of nitrogens with one attached hydrogen (secondary N) is 1. The molecule has 1 aliphatic rings. The van der Waals surface area contributed by atoms with E-state index in [9.17, 15) is 4.79 Å². The molecule has 1 aromatic carbocycles. The third-order valence-corrected chi connectivity index (χ3v) is 5.69. The molecule has 0 aliphatic heterocycles. The Hall–Kier alpha value is -2.47. The highest BCUT2D eigenvalue weighted by atomic mass is 32.1. The van der Waals surface area contributed by atoms with Gasteiger partial charge in [0.2, 0.25) is 5.91 Å². The second-order valence-corrected chi connectivity index (χ2v) is 7.40. The van der Waals surface area contributed by atoms with Crippen LogP contribution in [0.3, 0.4) is 0 Å². The van der Waals surface area contributed by atoms with E-state index in [4.69, 9.17) is 5.73 Å². The maximum Gasteiger partial charge on any atom is 0.248 e. The Labute approximate surface area is 143 Å². The van der Waals surface area contributed by atoms with Crippen molar-refractivity contribution in [1.82, 2.24) is 9.97 Å². The van der Waals surface area contributed by atoms with Crippen LogP contribution in [0.25, 0.3) is 10.2 Å². The molecule has 0 fully saturated rings. The van der Waals surface area contributed by atoms with Crippen molar-refractivity contribution in [3.63, 3.8) is 0 Å². The molecule has 0 saturated carbocycles. The molecular formula is C18H18N4OS. The van der Waals surface area contributed by atoms with Gasteiger partial charge in [0.25, 0.3) is 0 Å². The lowest BCUT2D eigenvalue weighted by Crippen LogP contribution is -2.10. The quantitative estimate of drug-likeness (QED) is 0.763. The van der Waals surface area contributed by atoms with E-state index in [2.05, 4.69) is 22.2 Å². The van der Waals surface area contributed by atoms with Gasteiger partial charge in [-0.2, -0.15) is 0 Å². The van der Waals surface area contributed by atoms with Crippen molar-refractivity contribution in [2.24, 2.45) is 11.7 Å². The summed E-state index contributed by atoms with van der Waals surface area (Å²) >= 11 is 1.78. The number of nitrogens with two attached hydrogens (primary N) is 1. The highest BCUT2D eigenvalue weighted by Crippen LogP contribution is 2.40. The molecule has 4 rings (SSSR count). The average molecular weight is 338 g/mol. The zero-order valence-corrected chi connectivity index (χ0v) is 14.2. The Balaban J connectivity index is 1.73. The minimum absolute atomic E-state index is 0.424. The topological polar surface area (TPSA) is 80.9 Å². The summed E-state index contributed by atoms with van der Waals surface area (Å²) < 4.78 is 0. The summed E-state index contributed by atoms with van der Waals surface area (Å²) in [5.41, 5.74) is 8.05. The monoisotopic (exact) mass is 338 g/mol. The molecule has 0 spiro atoms. The van der Waals surface area contributed by atoms with Crippen molar-refractivity contribution in [2.45, 2.75) is 26.2 Å². The van der Waals surface area contributed by atoms with Crippen LogP contribution in [0, 0.1) is 5.92 Å². The fraction of sp³-hybridized carbons (Fsp3) is 0.278. The van der Waals surface area contributed by atoms with Crippen molar-refractivity contribution in [1.29, 1.82) is 0 Å². The molecule has 6 heteroatoms. The Morgan fingerprint density at radius 1 is 1.29 bits per heavy atom. The van der Waals surface area contributed by atoms with Crippen molar-refractivity contribution in [3.05, 3.63) is 46.6 Å². The number of carbonyl (C=O) groups excluding carboxylic acids is 1. The third kappa shape index (κ3) is 2.63. The number of benzene rings is 1. The van der Waals surface area contributed by atoms with Gasteiger partial charge in [-0.15, -0.1) is 11.3 Å². The number of amides is 1. The first-order valence-electron chi connectivity index (χ1n) is 8.04. The van der Waals surface area contributed by atoms with E-state index in [0.29, 0.717) is 5.56 Å². The molecule has 0 unspecified atom stereocenters. The molecule has 2 aromatic heterocycles. The summed E-state index contributed by atoms with van der Waals surface area (Å²) in [7, 11) is 0. The second kappa shape index (κ2) is 5.87. The van der Waals surface area contributed by atoms with Crippen LogP contribution in [0.4, 0.5) is 11.5 Å². The van der Waals surface area contributed by atoms with Gasteiger partial charge in [-0.3, -0.25) is 4.79 Å². The van der Waals surface area contributed by atoms with E-state index in [1.54, 1.807) is 29.8 Å². The zero-order valence-electron chi connectivity index (χ0n) is 13.4. The number of primary amides is 1. The number of anilines is 2. The largest absolute Gasteiger partial charge is 0.366 e. The van der Waals surface area contributed by atoms with E-state index in [0.717, 1.165) is 40.5 Å². The summed E-state index contributed by atoms with van der Waals surface area (Å²) in [5, 5.41) is 4.51. The maximum absolute atomic E-state index is 11.2. The predicted molar refractivity (Wildman–Crippen MR) is 96.8 cm³/mol. The van der Waals surface area contributed by atoms with Gasteiger partial charge >= 0.3 is 0 Å². The minimum Gasteiger partial charge on any atom is -0.366 e. The number of aromatic nitrogens is 2. The van der Waals surface area contributed by atoms with E-state index < -0.39 is 5.91 Å². The summed E-state index contributed by atoms with van der Waals surface area (Å²) in [4.78, 5) is 22.6. The first-order chi connectivity index (χ1) is 11.6. The van der Waals surface area contributed by atoms with E-state index in [-0.39, 0.29) is 0 Å². The lowest BCUT2D eigenvalue weighted by Gasteiger charge is -2.18. The SMILES string of the molecule is C[C@H]1CCc2c(sc3ncnc(Nc4ccc(C(N)=O)cc4)c23)C1. The average Bonchev–Trinajstić information content (AvgIpc) is 2.93. The van der Waals surface area contributed by atoms with E-state index in [1.165, 1.54) is 16.9 Å². The minimum atomic E-state index is -0.424. The highest BCUT2D eigenvalue weighted by Gasteiger charge is 2.23. The molecule has 1 atom stereocenters. The smallest absolute Gasteiger partial charge is 0.248 e.